The molecule has 3 heteroatoms. The average Bonchev–Trinajstić information content (AvgIpc) is 2.65. The van der Waals surface area contributed by atoms with Crippen LogP contribution in [0.25, 0.3) is 0 Å². The molecule has 0 aliphatic carbocycles. The highest BCUT2D eigenvalue weighted by Gasteiger charge is 2.15. The van der Waals surface area contributed by atoms with Crippen molar-refractivity contribution in [2.45, 2.75) is 39.7 Å². The normalized spacial score (nSPS) is 14.1. The van der Waals surface area contributed by atoms with Gasteiger partial charge in [-0.15, -0.1) is 11.3 Å². The zero-order valence-corrected chi connectivity index (χ0v) is 11.5. The minimum atomic E-state index is 0.251. The molecule has 0 fully saturated rings. The number of hydrogen-bond donors (Lipinski definition) is 2. The van der Waals surface area contributed by atoms with Crippen molar-refractivity contribution in [2.24, 2.45) is 5.92 Å². The predicted octanol–water partition coefficient (Wildman–Crippen LogP) is 2.76. The van der Waals surface area contributed by atoms with Gasteiger partial charge in [-0.25, -0.2) is 0 Å². The van der Waals surface area contributed by atoms with E-state index in [-0.39, 0.29) is 12.0 Å². The molecule has 0 saturated heterocycles. The van der Waals surface area contributed by atoms with E-state index >= 15 is 0 Å². The Morgan fingerprint density at radius 3 is 2.56 bits per heavy atom. The van der Waals surface area contributed by atoms with Crippen LogP contribution in [0.15, 0.2) is 12.1 Å². The van der Waals surface area contributed by atoms with Gasteiger partial charge in [0, 0.05) is 29.5 Å². The van der Waals surface area contributed by atoms with E-state index in [2.05, 4.69) is 38.2 Å². The van der Waals surface area contributed by atoms with Crippen molar-refractivity contribution in [1.82, 2.24) is 5.32 Å². The molecule has 92 valence electrons. The van der Waals surface area contributed by atoms with Gasteiger partial charge < -0.3 is 10.4 Å². The van der Waals surface area contributed by atoms with Crippen molar-refractivity contribution in [3.05, 3.63) is 21.9 Å². The highest BCUT2D eigenvalue weighted by molar-refractivity contribution is 7.12. The van der Waals surface area contributed by atoms with Crippen LogP contribution in [-0.4, -0.2) is 18.3 Å². The number of hydrogen-bond acceptors (Lipinski definition) is 3. The second-order valence-electron chi connectivity index (χ2n) is 5.43. The fraction of sp³-hybridized carbons (Fsp3) is 0.692. The van der Waals surface area contributed by atoms with E-state index in [1.807, 2.05) is 18.3 Å². The van der Waals surface area contributed by atoms with Crippen molar-refractivity contribution in [2.75, 3.05) is 13.2 Å². The van der Waals surface area contributed by atoms with Crippen molar-refractivity contribution in [1.29, 1.82) is 0 Å². The summed E-state index contributed by atoms with van der Waals surface area (Å²) in [6, 6.07) is 4.42. The summed E-state index contributed by atoms with van der Waals surface area (Å²) in [4.78, 5) is 2.80. The molecule has 1 aromatic rings. The minimum absolute atomic E-state index is 0.251. The molecule has 0 aromatic carbocycles. The number of aliphatic hydroxyl groups excluding tert-OH is 1. The number of rotatable bonds is 5. The third-order valence-corrected chi connectivity index (χ3v) is 4.02. The smallest absolute Gasteiger partial charge is 0.0468 e. The monoisotopic (exact) mass is 241 g/mol. The highest BCUT2D eigenvalue weighted by Crippen LogP contribution is 2.29. The molecule has 0 bridgehead atoms. The summed E-state index contributed by atoms with van der Waals surface area (Å²) >= 11 is 1.87. The maximum atomic E-state index is 8.91. The quantitative estimate of drug-likeness (QED) is 0.831. The summed E-state index contributed by atoms with van der Waals surface area (Å²) < 4.78 is 0. The summed E-state index contributed by atoms with van der Waals surface area (Å²) in [5.74, 6) is 0.335. The van der Waals surface area contributed by atoms with Crippen LogP contribution in [0.2, 0.25) is 0 Å². The Morgan fingerprint density at radius 2 is 2.06 bits per heavy atom. The standard InChI is InChI=1S/C13H23NOS/c1-10(9-15)7-14-8-11-5-6-12(16-11)13(2,3)4/h5-6,10,14-15H,7-9H2,1-4H3. The molecular formula is C13H23NOS. The molecule has 1 heterocycles. The Kier molecular flexibility index (Phi) is 4.96. The van der Waals surface area contributed by atoms with Gasteiger partial charge in [0.05, 0.1) is 0 Å². The van der Waals surface area contributed by atoms with E-state index in [9.17, 15) is 0 Å². The summed E-state index contributed by atoms with van der Waals surface area (Å²) in [6.45, 7) is 10.8. The van der Waals surface area contributed by atoms with Gasteiger partial charge in [0.25, 0.3) is 0 Å². The molecule has 0 amide bonds. The SMILES string of the molecule is CC(CO)CNCc1ccc(C(C)(C)C)s1. The van der Waals surface area contributed by atoms with E-state index in [0.717, 1.165) is 13.1 Å². The Bertz CT molecular complexity index is 314. The molecule has 2 N–H and O–H groups in total. The van der Waals surface area contributed by atoms with Gasteiger partial charge >= 0.3 is 0 Å². The lowest BCUT2D eigenvalue weighted by Gasteiger charge is -2.15. The molecule has 2 nitrogen and oxygen atoms in total. The van der Waals surface area contributed by atoms with Crippen LogP contribution >= 0.6 is 11.3 Å². The molecule has 0 aliphatic heterocycles. The first kappa shape index (κ1) is 13.7. The number of thiophene rings is 1. The van der Waals surface area contributed by atoms with E-state index in [4.69, 9.17) is 5.11 Å². The van der Waals surface area contributed by atoms with Crippen molar-refractivity contribution in [3.8, 4) is 0 Å². The zero-order valence-electron chi connectivity index (χ0n) is 10.7. The van der Waals surface area contributed by atoms with Crippen LogP contribution in [0, 0.1) is 5.92 Å². The lowest BCUT2D eigenvalue weighted by Crippen LogP contribution is -2.22. The maximum absolute atomic E-state index is 8.91. The molecule has 1 atom stereocenters. The maximum Gasteiger partial charge on any atom is 0.0468 e. The molecule has 0 aliphatic rings. The summed E-state index contributed by atoms with van der Waals surface area (Å²) in [5, 5.41) is 12.3. The topological polar surface area (TPSA) is 32.3 Å². The second-order valence-corrected chi connectivity index (χ2v) is 6.60. The van der Waals surface area contributed by atoms with Crippen molar-refractivity contribution < 1.29 is 5.11 Å². The van der Waals surface area contributed by atoms with Gasteiger partial charge in [-0.2, -0.15) is 0 Å². The first-order valence-corrected chi connectivity index (χ1v) is 6.66. The summed E-state index contributed by atoms with van der Waals surface area (Å²) in [6.07, 6.45) is 0. The van der Waals surface area contributed by atoms with Gasteiger partial charge in [-0.05, 0) is 23.5 Å². The zero-order chi connectivity index (χ0) is 12.2. The molecule has 1 rings (SSSR count). The van der Waals surface area contributed by atoms with Gasteiger partial charge in [0.1, 0.15) is 0 Å². The van der Waals surface area contributed by atoms with Gasteiger partial charge in [0.2, 0.25) is 0 Å². The van der Waals surface area contributed by atoms with Crippen LogP contribution < -0.4 is 5.32 Å². The highest BCUT2D eigenvalue weighted by atomic mass is 32.1. The number of aliphatic hydroxyl groups is 1. The van der Waals surface area contributed by atoms with E-state index in [1.165, 1.54) is 9.75 Å². The lowest BCUT2D eigenvalue weighted by molar-refractivity contribution is 0.233. The van der Waals surface area contributed by atoms with Crippen molar-refractivity contribution >= 4 is 11.3 Å². The largest absolute Gasteiger partial charge is 0.396 e. The average molecular weight is 241 g/mol. The van der Waals surface area contributed by atoms with Gasteiger partial charge in [-0.1, -0.05) is 27.7 Å². The Morgan fingerprint density at radius 1 is 1.38 bits per heavy atom. The molecule has 1 aromatic heterocycles. The van der Waals surface area contributed by atoms with Crippen LogP contribution in [-0.2, 0) is 12.0 Å². The molecular weight excluding hydrogens is 218 g/mol. The first-order valence-electron chi connectivity index (χ1n) is 5.84. The third kappa shape index (κ3) is 4.24. The Hall–Kier alpha value is -0.380. The molecule has 16 heavy (non-hydrogen) atoms. The molecule has 0 radical (unpaired) electrons. The number of nitrogens with one attached hydrogen (secondary N) is 1. The van der Waals surface area contributed by atoms with Gasteiger partial charge in [-0.3, -0.25) is 0 Å². The van der Waals surface area contributed by atoms with Crippen LogP contribution in [0.1, 0.15) is 37.4 Å². The fourth-order valence-electron chi connectivity index (χ4n) is 1.38. The molecule has 0 spiro atoms. The van der Waals surface area contributed by atoms with Gasteiger partial charge in [0.15, 0.2) is 0 Å². The fourth-order valence-corrected chi connectivity index (χ4v) is 2.42. The minimum Gasteiger partial charge on any atom is -0.396 e. The summed E-state index contributed by atoms with van der Waals surface area (Å²) in [7, 11) is 0. The van der Waals surface area contributed by atoms with Crippen LogP contribution in [0.5, 0.6) is 0 Å². The lowest BCUT2D eigenvalue weighted by atomic mass is 9.95. The molecule has 1 unspecified atom stereocenters. The van der Waals surface area contributed by atoms with E-state index in [0.29, 0.717) is 5.92 Å². The summed E-state index contributed by atoms with van der Waals surface area (Å²) in [5.41, 5.74) is 0.251. The molecule has 0 saturated carbocycles. The van der Waals surface area contributed by atoms with Crippen LogP contribution in [0.3, 0.4) is 0 Å². The van der Waals surface area contributed by atoms with Crippen molar-refractivity contribution in [3.63, 3.8) is 0 Å². The third-order valence-electron chi connectivity index (χ3n) is 2.50. The van der Waals surface area contributed by atoms with Crippen LogP contribution in [0.4, 0.5) is 0 Å². The second kappa shape index (κ2) is 5.80. The predicted molar refractivity (Wildman–Crippen MR) is 71.0 cm³/mol. The van der Waals surface area contributed by atoms with E-state index in [1.54, 1.807) is 0 Å². The van der Waals surface area contributed by atoms with E-state index < -0.39 is 0 Å². The Labute approximate surface area is 103 Å². The Balaban J connectivity index is 2.41. The first-order chi connectivity index (χ1) is 7.43.